The number of halogens is 3. The van der Waals surface area contributed by atoms with Crippen molar-refractivity contribution >= 4 is 23.4 Å². The fourth-order valence-electron chi connectivity index (χ4n) is 2.07. The molecule has 0 aliphatic heterocycles. The summed E-state index contributed by atoms with van der Waals surface area (Å²) in [4.78, 5) is 12.1. The third-order valence-electron chi connectivity index (χ3n) is 3.29. The van der Waals surface area contributed by atoms with Gasteiger partial charge < -0.3 is 0 Å². The number of carbonyl (C=O) groups excluding carboxylic acids is 1. The quantitative estimate of drug-likeness (QED) is 0.780. The van der Waals surface area contributed by atoms with Crippen molar-refractivity contribution in [3.05, 3.63) is 64.7 Å². The van der Waals surface area contributed by atoms with Gasteiger partial charge in [0.05, 0.1) is 22.9 Å². The van der Waals surface area contributed by atoms with E-state index >= 15 is 0 Å². The number of nitrogens with one attached hydrogen (secondary N) is 2. The lowest BCUT2D eigenvalue weighted by molar-refractivity contribution is -0.137. The van der Waals surface area contributed by atoms with Gasteiger partial charge in [0.15, 0.2) is 0 Å². The summed E-state index contributed by atoms with van der Waals surface area (Å²) in [6.45, 7) is 0. The Hall–Kier alpha value is -2.66. The van der Waals surface area contributed by atoms with Gasteiger partial charge in [-0.3, -0.25) is 15.6 Å². The maximum Gasteiger partial charge on any atom is 0.418 e. The van der Waals surface area contributed by atoms with Crippen molar-refractivity contribution < 1.29 is 18.0 Å². The van der Waals surface area contributed by atoms with Crippen LogP contribution in [0.1, 0.15) is 27.0 Å². The van der Waals surface area contributed by atoms with Crippen LogP contribution < -0.4 is 10.9 Å². The summed E-state index contributed by atoms with van der Waals surface area (Å²) < 4.78 is 39.2. The molecule has 1 amide bonds. The van der Waals surface area contributed by atoms with Crippen molar-refractivity contribution in [1.29, 1.82) is 5.26 Å². The first-order valence-corrected chi connectivity index (χ1v) is 8.50. The number of nitrogens with zero attached hydrogens (tertiary/aromatic N) is 1. The molecule has 0 bridgehead atoms. The second-order valence-electron chi connectivity index (χ2n) is 5.08. The van der Waals surface area contributed by atoms with Crippen LogP contribution in [0.15, 0.2) is 42.5 Å². The summed E-state index contributed by atoms with van der Waals surface area (Å²) in [5.41, 5.74) is 4.40. The zero-order valence-corrected chi connectivity index (χ0v) is 14.0. The van der Waals surface area contributed by atoms with E-state index in [-0.39, 0.29) is 11.3 Å². The molecule has 0 aromatic heterocycles. The molecule has 8 heteroatoms. The first-order valence-electron chi connectivity index (χ1n) is 7.10. The van der Waals surface area contributed by atoms with Crippen molar-refractivity contribution in [2.75, 3.05) is 11.7 Å². The largest absolute Gasteiger partial charge is 0.418 e. The minimum absolute atomic E-state index is 0.117. The van der Waals surface area contributed by atoms with E-state index in [0.717, 1.165) is 23.4 Å². The van der Waals surface area contributed by atoms with E-state index in [1.54, 1.807) is 42.1 Å². The minimum Gasteiger partial charge on any atom is -0.298 e. The van der Waals surface area contributed by atoms with E-state index in [9.17, 15) is 18.0 Å². The summed E-state index contributed by atoms with van der Waals surface area (Å²) in [6, 6.07) is 11.5. The normalized spacial score (nSPS) is 10.8. The molecular formula is C17H14F3N3OS. The van der Waals surface area contributed by atoms with E-state index in [2.05, 4.69) is 10.9 Å². The van der Waals surface area contributed by atoms with Gasteiger partial charge in [-0.25, -0.2) is 0 Å². The lowest BCUT2D eigenvalue weighted by Gasteiger charge is -2.15. The van der Waals surface area contributed by atoms with Crippen LogP contribution in [-0.2, 0) is 11.9 Å². The van der Waals surface area contributed by atoms with Gasteiger partial charge >= 0.3 is 6.18 Å². The smallest absolute Gasteiger partial charge is 0.298 e. The summed E-state index contributed by atoms with van der Waals surface area (Å²) in [5.74, 6) is 0.244. The van der Waals surface area contributed by atoms with Gasteiger partial charge in [-0.15, -0.1) is 0 Å². The molecule has 0 aliphatic rings. The number of rotatable bonds is 5. The molecule has 130 valence electrons. The van der Waals surface area contributed by atoms with Crippen LogP contribution in [0.3, 0.4) is 0 Å². The monoisotopic (exact) mass is 365 g/mol. The number of carbonyl (C=O) groups is 1. The zero-order chi connectivity index (χ0) is 18.4. The Balaban J connectivity index is 2.13. The molecule has 2 N–H and O–H groups in total. The van der Waals surface area contributed by atoms with Gasteiger partial charge in [0.1, 0.15) is 0 Å². The molecule has 0 spiro atoms. The Morgan fingerprint density at radius 1 is 1.20 bits per heavy atom. The highest BCUT2D eigenvalue weighted by Crippen LogP contribution is 2.35. The van der Waals surface area contributed by atoms with Crippen LogP contribution in [0.2, 0.25) is 0 Å². The molecule has 2 aromatic carbocycles. The molecule has 2 rings (SSSR count). The number of benzene rings is 2. The number of alkyl halides is 3. The molecule has 0 saturated heterocycles. The van der Waals surface area contributed by atoms with E-state index in [1.165, 1.54) is 6.07 Å². The Bertz CT molecular complexity index is 798. The van der Waals surface area contributed by atoms with Gasteiger partial charge in [0.25, 0.3) is 5.91 Å². The predicted molar refractivity (Wildman–Crippen MR) is 90.9 cm³/mol. The lowest BCUT2D eigenvalue weighted by Crippen LogP contribution is -2.30. The molecule has 0 saturated carbocycles. The third-order valence-corrected chi connectivity index (χ3v) is 3.91. The topological polar surface area (TPSA) is 64.9 Å². The van der Waals surface area contributed by atoms with Crippen LogP contribution in [-0.4, -0.2) is 12.2 Å². The molecule has 0 unspecified atom stereocenters. The van der Waals surface area contributed by atoms with E-state index in [1.807, 2.05) is 6.26 Å². The highest BCUT2D eigenvalue weighted by Gasteiger charge is 2.34. The standard InChI is InChI=1S/C17H14F3N3OS/c1-25-10-11-2-5-13(6-3-11)16(24)23-22-15-7-4-12(9-21)8-14(15)17(18,19)20/h2-8,22H,10H2,1H3,(H,23,24). The van der Waals surface area contributed by atoms with Crippen molar-refractivity contribution in [3.63, 3.8) is 0 Å². The lowest BCUT2D eigenvalue weighted by atomic mass is 10.1. The summed E-state index contributed by atoms with van der Waals surface area (Å²) in [6.07, 6.45) is -2.69. The third kappa shape index (κ3) is 4.90. The number of amides is 1. The Labute approximate surface area is 147 Å². The molecular weight excluding hydrogens is 351 g/mol. The molecule has 0 fully saturated rings. The molecule has 2 aromatic rings. The van der Waals surface area contributed by atoms with Gasteiger partial charge in [-0.1, -0.05) is 12.1 Å². The number of nitriles is 1. The first-order chi connectivity index (χ1) is 11.8. The van der Waals surface area contributed by atoms with Crippen LogP contribution in [0.5, 0.6) is 0 Å². The SMILES string of the molecule is CSCc1ccc(C(=O)NNc2ccc(C#N)cc2C(F)(F)F)cc1. The van der Waals surface area contributed by atoms with Crippen molar-refractivity contribution in [2.45, 2.75) is 11.9 Å². The highest BCUT2D eigenvalue weighted by molar-refractivity contribution is 7.97. The zero-order valence-electron chi connectivity index (χ0n) is 13.1. The van der Waals surface area contributed by atoms with E-state index < -0.39 is 17.6 Å². The summed E-state index contributed by atoms with van der Waals surface area (Å²) in [7, 11) is 0. The summed E-state index contributed by atoms with van der Waals surface area (Å²) in [5, 5.41) is 8.74. The van der Waals surface area contributed by atoms with E-state index in [0.29, 0.717) is 5.56 Å². The number of hydrogen-bond acceptors (Lipinski definition) is 4. The van der Waals surface area contributed by atoms with Crippen LogP contribution >= 0.6 is 11.8 Å². The van der Waals surface area contributed by atoms with Crippen LogP contribution in [0.25, 0.3) is 0 Å². The van der Waals surface area contributed by atoms with Crippen molar-refractivity contribution in [3.8, 4) is 6.07 Å². The van der Waals surface area contributed by atoms with E-state index in [4.69, 9.17) is 5.26 Å². The number of thioether (sulfide) groups is 1. The van der Waals surface area contributed by atoms with Gasteiger partial charge in [-0.05, 0) is 42.2 Å². The molecule has 0 aliphatic carbocycles. The second kappa shape index (κ2) is 7.94. The first kappa shape index (κ1) is 18.7. The highest BCUT2D eigenvalue weighted by atomic mass is 32.2. The molecule has 25 heavy (non-hydrogen) atoms. The minimum atomic E-state index is -4.65. The molecule has 0 heterocycles. The maximum absolute atomic E-state index is 13.1. The van der Waals surface area contributed by atoms with Gasteiger partial charge in [0, 0.05) is 11.3 Å². The summed E-state index contributed by atoms with van der Waals surface area (Å²) >= 11 is 1.64. The van der Waals surface area contributed by atoms with Gasteiger partial charge in [-0.2, -0.15) is 30.2 Å². The van der Waals surface area contributed by atoms with Gasteiger partial charge in [0.2, 0.25) is 0 Å². The number of anilines is 1. The fourth-order valence-corrected chi connectivity index (χ4v) is 2.60. The number of hydrogen-bond donors (Lipinski definition) is 2. The van der Waals surface area contributed by atoms with Crippen LogP contribution in [0.4, 0.5) is 18.9 Å². The maximum atomic E-state index is 13.1. The second-order valence-corrected chi connectivity index (χ2v) is 5.95. The average molecular weight is 365 g/mol. The fraction of sp³-hybridized carbons (Fsp3) is 0.176. The van der Waals surface area contributed by atoms with Crippen LogP contribution in [0, 0.1) is 11.3 Å². The Morgan fingerprint density at radius 2 is 1.88 bits per heavy atom. The molecule has 0 atom stereocenters. The Morgan fingerprint density at radius 3 is 2.44 bits per heavy atom. The predicted octanol–water partition coefficient (Wildman–Crippen LogP) is 4.20. The Kier molecular flexibility index (Phi) is 5.93. The average Bonchev–Trinajstić information content (AvgIpc) is 2.59. The van der Waals surface area contributed by atoms with Crippen molar-refractivity contribution in [1.82, 2.24) is 5.43 Å². The molecule has 4 nitrogen and oxygen atoms in total. The number of hydrazine groups is 1. The molecule has 0 radical (unpaired) electrons. The van der Waals surface area contributed by atoms with Crippen molar-refractivity contribution in [2.24, 2.45) is 0 Å².